The molecule has 3 heteroatoms. The molecule has 0 bridgehead atoms. The Labute approximate surface area is 72.1 Å². The van der Waals surface area contributed by atoms with Crippen LogP contribution >= 0.6 is 0 Å². The summed E-state index contributed by atoms with van der Waals surface area (Å²) in [7, 11) is 0. The highest BCUT2D eigenvalue weighted by Crippen LogP contribution is 2.29. The second-order valence-corrected chi connectivity index (χ2v) is 3.56. The van der Waals surface area contributed by atoms with Crippen molar-refractivity contribution in [2.45, 2.75) is 32.6 Å². The van der Waals surface area contributed by atoms with Gasteiger partial charge in [0.2, 0.25) is 0 Å². The summed E-state index contributed by atoms with van der Waals surface area (Å²) in [6.07, 6.45) is 2.30. The zero-order chi connectivity index (χ0) is 8.55. The lowest BCUT2D eigenvalue weighted by atomic mass is 10.0. The van der Waals surface area contributed by atoms with Crippen molar-refractivity contribution in [3.05, 3.63) is 11.3 Å². The number of nitrogens with one attached hydrogen (secondary N) is 1. The molecule has 0 spiro atoms. The van der Waals surface area contributed by atoms with E-state index in [-0.39, 0.29) is 0 Å². The van der Waals surface area contributed by atoms with E-state index in [9.17, 15) is 0 Å². The van der Waals surface area contributed by atoms with Crippen LogP contribution in [0.1, 0.15) is 37.5 Å². The molecule has 1 N–H and O–H groups in total. The minimum Gasteiger partial charge on any atom is -0.367 e. The van der Waals surface area contributed by atoms with Gasteiger partial charge in [-0.15, -0.1) is 0 Å². The molecule has 1 aromatic heterocycles. The van der Waals surface area contributed by atoms with Crippen LogP contribution in [-0.4, -0.2) is 11.7 Å². The van der Waals surface area contributed by atoms with Gasteiger partial charge in [-0.2, -0.15) is 0 Å². The van der Waals surface area contributed by atoms with Crippen molar-refractivity contribution in [2.24, 2.45) is 0 Å². The molecule has 0 aliphatic carbocycles. The number of anilines is 1. The smallest absolute Gasteiger partial charge is 0.172 e. The summed E-state index contributed by atoms with van der Waals surface area (Å²) in [5, 5.41) is 7.22. The van der Waals surface area contributed by atoms with Crippen LogP contribution in [0.4, 0.5) is 5.82 Å². The topological polar surface area (TPSA) is 38.1 Å². The van der Waals surface area contributed by atoms with Crippen LogP contribution in [0.5, 0.6) is 0 Å². The first-order valence-corrected chi connectivity index (χ1v) is 4.51. The third-order valence-corrected chi connectivity index (χ3v) is 2.24. The number of fused-ring (bicyclic) bond motifs is 1. The zero-order valence-corrected chi connectivity index (χ0v) is 7.55. The van der Waals surface area contributed by atoms with Gasteiger partial charge in [-0.3, -0.25) is 0 Å². The second-order valence-electron chi connectivity index (χ2n) is 3.56. The fourth-order valence-corrected chi connectivity index (χ4v) is 1.63. The minimum atomic E-state index is 0.446. The molecular weight excluding hydrogens is 152 g/mol. The molecule has 1 aromatic rings. The molecular formula is C9H14N2O. The van der Waals surface area contributed by atoms with Crippen molar-refractivity contribution >= 4 is 5.82 Å². The highest BCUT2D eigenvalue weighted by Gasteiger charge is 2.20. The van der Waals surface area contributed by atoms with Gasteiger partial charge in [-0.05, 0) is 12.8 Å². The van der Waals surface area contributed by atoms with E-state index in [0.29, 0.717) is 5.92 Å². The zero-order valence-electron chi connectivity index (χ0n) is 7.55. The van der Waals surface area contributed by atoms with Crippen molar-refractivity contribution < 1.29 is 4.52 Å². The van der Waals surface area contributed by atoms with Crippen LogP contribution in [0.25, 0.3) is 0 Å². The first-order chi connectivity index (χ1) is 5.79. The Kier molecular flexibility index (Phi) is 1.79. The van der Waals surface area contributed by atoms with Gasteiger partial charge in [0.15, 0.2) is 5.82 Å². The maximum absolute atomic E-state index is 5.27. The average molecular weight is 166 g/mol. The summed E-state index contributed by atoms with van der Waals surface area (Å²) in [4.78, 5) is 0. The lowest BCUT2D eigenvalue weighted by Gasteiger charge is -2.12. The Bertz CT molecular complexity index is 278. The maximum atomic E-state index is 5.27. The molecule has 1 aliphatic rings. The van der Waals surface area contributed by atoms with E-state index in [1.165, 1.54) is 12.0 Å². The van der Waals surface area contributed by atoms with Crippen LogP contribution in [0.3, 0.4) is 0 Å². The molecule has 3 nitrogen and oxygen atoms in total. The lowest BCUT2D eigenvalue weighted by molar-refractivity contribution is 0.372. The summed E-state index contributed by atoms with van der Waals surface area (Å²) >= 11 is 0. The van der Waals surface area contributed by atoms with E-state index in [1.54, 1.807) is 0 Å². The number of rotatable bonds is 1. The fourth-order valence-electron chi connectivity index (χ4n) is 1.63. The summed E-state index contributed by atoms with van der Waals surface area (Å²) < 4.78 is 5.27. The Balaban J connectivity index is 2.38. The SMILES string of the molecule is CC(C)c1onc2c1CCCN2. The van der Waals surface area contributed by atoms with Gasteiger partial charge in [0.25, 0.3) is 0 Å². The molecule has 0 saturated carbocycles. The van der Waals surface area contributed by atoms with Crippen LogP contribution < -0.4 is 5.32 Å². The molecule has 0 radical (unpaired) electrons. The first-order valence-electron chi connectivity index (χ1n) is 4.51. The van der Waals surface area contributed by atoms with Gasteiger partial charge in [0, 0.05) is 18.0 Å². The van der Waals surface area contributed by atoms with E-state index in [4.69, 9.17) is 4.52 Å². The third-order valence-electron chi connectivity index (χ3n) is 2.24. The monoisotopic (exact) mass is 166 g/mol. The molecule has 0 fully saturated rings. The maximum Gasteiger partial charge on any atom is 0.172 e. The predicted molar refractivity (Wildman–Crippen MR) is 47.4 cm³/mol. The summed E-state index contributed by atoms with van der Waals surface area (Å²) in [6, 6.07) is 0. The van der Waals surface area contributed by atoms with Gasteiger partial charge in [-0.25, -0.2) is 0 Å². The standard InChI is InChI=1S/C9H14N2O/c1-6(2)8-7-4-3-5-10-9(7)11-12-8/h6H,3-5H2,1-2H3,(H,10,11). The molecule has 0 unspecified atom stereocenters. The van der Waals surface area contributed by atoms with Gasteiger partial charge in [0.05, 0.1) is 0 Å². The molecule has 0 aromatic carbocycles. The van der Waals surface area contributed by atoms with Crippen molar-refractivity contribution in [3.8, 4) is 0 Å². The quantitative estimate of drug-likeness (QED) is 0.694. The molecule has 1 aliphatic heterocycles. The Morgan fingerprint density at radius 1 is 1.50 bits per heavy atom. The summed E-state index contributed by atoms with van der Waals surface area (Å²) in [6.45, 7) is 5.29. The van der Waals surface area contributed by atoms with E-state index in [2.05, 4.69) is 24.3 Å². The van der Waals surface area contributed by atoms with Crippen LogP contribution in [0.2, 0.25) is 0 Å². The van der Waals surface area contributed by atoms with Crippen LogP contribution in [0.15, 0.2) is 4.52 Å². The number of aromatic nitrogens is 1. The molecule has 0 saturated heterocycles. The van der Waals surface area contributed by atoms with Crippen molar-refractivity contribution in [1.29, 1.82) is 0 Å². The van der Waals surface area contributed by atoms with E-state index in [1.807, 2.05) is 0 Å². The summed E-state index contributed by atoms with van der Waals surface area (Å²) in [5.41, 5.74) is 1.29. The normalized spacial score (nSPS) is 15.9. The van der Waals surface area contributed by atoms with Crippen molar-refractivity contribution in [1.82, 2.24) is 5.16 Å². The minimum absolute atomic E-state index is 0.446. The van der Waals surface area contributed by atoms with Gasteiger partial charge < -0.3 is 9.84 Å². The predicted octanol–water partition coefficient (Wildman–Crippen LogP) is 2.16. The average Bonchev–Trinajstić information content (AvgIpc) is 2.47. The third kappa shape index (κ3) is 1.09. The molecule has 66 valence electrons. The Hall–Kier alpha value is -0.990. The first kappa shape index (κ1) is 7.65. The van der Waals surface area contributed by atoms with Gasteiger partial charge in [0.1, 0.15) is 5.76 Å². The van der Waals surface area contributed by atoms with Gasteiger partial charge >= 0.3 is 0 Å². The van der Waals surface area contributed by atoms with E-state index < -0.39 is 0 Å². The van der Waals surface area contributed by atoms with Crippen LogP contribution in [0, 0.1) is 0 Å². The fraction of sp³-hybridized carbons (Fsp3) is 0.667. The molecule has 2 heterocycles. The van der Waals surface area contributed by atoms with Gasteiger partial charge in [-0.1, -0.05) is 19.0 Å². The van der Waals surface area contributed by atoms with Crippen LogP contribution in [-0.2, 0) is 6.42 Å². The van der Waals surface area contributed by atoms with Crippen molar-refractivity contribution in [2.75, 3.05) is 11.9 Å². The lowest BCUT2D eigenvalue weighted by Crippen LogP contribution is -2.11. The highest BCUT2D eigenvalue weighted by molar-refractivity contribution is 5.47. The Morgan fingerprint density at radius 3 is 3.08 bits per heavy atom. The Morgan fingerprint density at radius 2 is 2.33 bits per heavy atom. The summed E-state index contributed by atoms with van der Waals surface area (Å²) in [5.74, 6) is 2.46. The highest BCUT2D eigenvalue weighted by atomic mass is 16.5. The molecule has 0 amide bonds. The molecule has 0 atom stereocenters. The number of nitrogens with zero attached hydrogens (tertiary/aromatic N) is 1. The largest absolute Gasteiger partial charge is 0.367 e. The number of hydrogen-bond donors (Lipinski definition) is 1. The molecule has 12 heavy (non-hydrogen) atoms. The van der Waals surface area contributed by atoms with E-state index >= 15 is 0 Å². The molecule has 2 rings (SSSR count). The second kappa shape index (κ2) is 2.81. The number of hydrogen-bond acceptors (Lipinski definition) is 3. The van der Waals surface area contributed by atoms with E-state index in [0.717, 1.165) is 24.5 Å². The van der Waals surface area contributed by atoms with Crippen molar-refractivity contribution in [3.63, 3.8) is 0 Å².